The van der Waals surface area contributed by atoms with Gasteiger partial charge in [0.25, 0.3) is 11.8 Å². The van der Waals surface area contributed by atoms with Gasteiger partial charge in [-0.3, -0.25) is 19.2 Å². The summed E-state index contributed by atoms with van der Waals surface area (Å²) in [5, 5.41) is 23.0. The number of aromatic amines is 2. The number of carbonyl (C=O) groups excluding carboxylic acids is 2. The van der Waals surface area contributed by atoms with Crippen LogP contribution in [0.4, 0.5) is 0 Å². The van der Waals surface area contributed by atoms with E-state index in [9.17, 15) is 29.4 Å². The molecule has 0 atom stereocenters. The predicted octanol–water partition coefficient (Wildman–Crippen LogP) is 3.06. The zero-order valence-electron chi connectivity index (χ0n) is 24.6. The van der Waals surface area contributed by atoms with E-state index in [2.05, 4.69) is 33.4 Å². The third-order valence-corrected chi connectivity index (χ3v) is 7.87. The Bertz CT molecular complexity index is 1860. The van der Waals surface area contributed by atoms with Gasteiger partial charge in [-0.05, 0) is 86.6 Å². The molecule has 10 heteroatoms. The second-order valence-electron chi connectivity index (χ2n) is 10.5. The fourth-order valence-electron chi connectivity index (χ4n) is 5.34. The molecule has 4 rings (SSSR count). The Labute approximate surface area is 248 Å². The molecule has 222 valence electrons. The van der Waals surface area contributed by atoms with Crippen LogP contribution in [-0.4, -0.2) is 49.6 Å². The largest absolute Gasteiger partial charge is 0.481 e. The van der Waals surface area contributed by atoms with E-state index in [4.69, 9.17) is 0 Å². The number of aliphatic imine (C=N–C) groups is 1. The Hall–Kier alpha value is -5.25. The fourth-order valence-corrected chi connectivity index (χ4v) is 5.34. The van der Waals surface area contributed by atoms with Crippen molar-refractivity contribution in [3.05, 3.63) is 97.6 Å². The Morgan fingerprint density at radius 2 is 1.40 bits per heavy atom. The van der Waals surface area contributed by atoms with Gasteiger partial charge in [0.05, 0.1) is 11.4 Å². The second-order valence-corrected chi connectivity index (χ2v) is 10.5. The SMILES string of the molecule is C=CC1=C(C)C(/C=c2\[nH]/c(=C/c3[nH]c(/C=C4\NC(=O)C(C)=C4C=C)c(C)c3CCC(=O)O)c(CCC(=O)O)c2C)=NC1=O. The smallest absolute Gasteiger partial charge is 0.303 e. The molecule has 0 aliphatic carbocycles. The van der Waals surface area contributed by atoms with Crippen LogP contribution in [0.2, 0.25) is 0 Å². The third-order valence-electron chi connectivity index (χ3n) is 7.87. The molecule has 2 aromatic rings. The second kappa shape index (κ2) is 12.3. The molecule has 0 bridgehead atoms. The average molecular weight is 583 g/mol. The first-order valence-corrected chi connectivity index (χ1v) is 13.8. The normalized spacial score (nSPS) is 16.9. The maximum atomic E-state index is 12.3. The van der Waals surface area contributed by atoms with Crippen molar-refractivity contribution in [2.45, 2.75) is 53.4 Å². The number of nitrogens with zero attached hydrogens (tertiary/aromatic N) is 1. The van der Waals surface area contributed by atoms with E-state index in [0.29, 0.717) is 55.8 Å². The first-order chi connectivity index (χ1) is 20.4. The third kappa shape index (κ3) is 6.18. The Balaban J connectivity index is 1.92. The first kappa shape index (κ1) is 30.7. The van der Waals surface area contributed by atoms with Crippen LogP contribution in [0.25, 0.3) is 18.2 Å². The standard InChI is InChI=1S/C33H34N4O6/c1-7-20-19(6)32(42)37-27(20)14-25-18(5)23(10-12-31(40)41)29(35-25)15-28-22(9-11-30(38)39)17(4)24(34-28)13-26-16(3)21(8-2)33(43)36-26/h7-8,13-15,34-35H,1-2,9-12H2,3-6H3,(H,37,42)(H,38,39)(H,40,41)/b24-13-,27-14-,28-15+. The molecule has 0 unspecified atom stereocenters. The number of carboxylic acid groups (broad SMARTS) is 2. The van der Waals surface area contributed by atoms with Crippen molar-refractivity contribution in [2.24, 2.45) is 4.99 Å². The number of allylic oxidation sites excluding steroid dienone is 2. The lowest BCUT2D eigenvalue weighted by molar-refractivity contribution is -0.138. The molecule has 0 aromatic carbocycles. The van der Waals surface area contributed by atoms with Gasteiger partial charge in [0, 0.05) is 51.6 Å². The van der Waals surface area contributed by atoms with Crippen LogP contribution >= 0.6 is 0 Å². The highest BCUT2D eigenvalue weighted by atomic mass is 16.4. The van der Waals surface area contributed by atoms with Crippen molar-refractivity contribution in [1.29, 1.82) is 0 Å². The van der Waals surface area contributed by atoms with E-state index in [-0.39, 0.29) is 37.5 Å². The van der Waals surface area contributed by atoms with Gasteiger partial charge in [-0.15, -0.1) is 0 Å². The summed E-state index contributed by atoms with van der Waals surface area (Å²) in [4.78, 5) is 58.4. The molecular formula is C33H34N4O6. The van der Waals surface area contributed by atoms with Crippen molar-refractivity contribution >= 4 is 47.7 Å². The highest BCUT2D eigenvalue weighted by Crippen LogP contribution is 2.27. The van der Waals surface area contributed by atoms with E-state index in [1.165, 1.54) is 6.08 Å². The summed E-state index contributed by atoms with van der Waals surface area (Å²) in [5.41, 5.74) is 7.97. The summed E-state index contributed by atoms with van der Waals surface area (Å²) in [6.45, 7) is 14.8. The molecule has 0 spiro atoms. The maximum absolute atomic E-state index is 12.3. The average Bonchev–Trinajstić information content (AvgIpc) is 3.59. The van der Waals surface area contributed by atoms with Crippen LogP contribution in [-0.2, 0) is 32.0 Å². The molecule has 10 nitrogen and oxygen atoms in total. The molecular weight excluding hydrogens is 548 g/mol. The van der Waals surface area contributed by atoms with Gasteiger partial charge in [0.1, 0.15) is 0 Å². The summed E-state index contributed by atoms with van der Waals surface area (Å²) in [5.74, 6) is -2.46. The lowest BCUT2D eigenvalue weighted by Gasteiger charge is -2.02. The van der Waals surface area contributed by atoms with Crippen LogP contribution in [0.3, 0.4) is 0 Å². The summed E-state index contributed by atoms with van der Waals surface area (Å²) < 4.78 is 0. The van der Waals surface area contributed by atoms with Gasteiger partial charge >= 0.3 is 11.9 Å². The van der Waals surface area contributed by atoms with Gasteiger partial charge in [-0.25, -0.2) is 4.99 Å². The van der Waals surface area contributed by atoms with E-state index >= 15 is 0 Å². The zero-order valence-corrected chi connectivity index (χ0v) is 24.6. The number of hydrogen-bond donors (Lipinski definition) is 5. The van der Waals surface area contributed by atoms with E-state index in [0.717, 1.165) is 22.3 Å². The molecule has 43 heavy (non-hydrogen) atoms. The van der Waals surface area contributed by atoms with Crippen LogP contribution in [0, 0.1) is 13.8 Å². The van der Waals surface area contributed by atoms with Gasteiger partial charge < -0.3 is 25.5 Å². The summed E-state index contributed by atoms with van der Waals surface area (Å²) in [6, 6.07) is 0. The monoisotopic (exact) mass is 582 g/mol. The Morgan fingerprint density at radius 3 is 1.98 bits per heavy atom. The molecule has 4 heterocycles. The molecule has 5 N–H and O–H groups in total. The van der Waals surface area contributed by atoms with Crippen molar-refractivity contribution in [3.63, 3.8) is 0 Å². The van der Waals surface area contributed by atoms with Gasteiger partial charge in [0.15, 0.2) is 0 Å². The quantitative estimate of drug-likeness (QED) is 0.273. The molecule has 0 fully saturated rings. The highest BCUT2D eigenvalue weighted by molar-refractivity contribution is 6.31. The van der Waals surface area contributed by atoms with Crippen molar-refractivity contribution in [3.8, 4) is 0 Å². The molecule has 2 aliphatic rings. The number of carbonyl (C=O) groups is 4. The Morgan fingerprint density at radius 1 is 0.767 bits per heavy atom. The van der Waals surface area contributed by atoms with Crippen LogP contribution in [0.1, 0.15) is 60.3 Å². The summed E-state index contributed by atoms with van der Waals surface area (Å²) in [6.07, 6.45) is 8.80. The zero-order chi connectivity index (χ0) is 31.6. The molecule has 2 amide bonds. The van der Waals surface area contributed by atoms with Crippen molar-refractivity contribution < 1.29 is 29.4 Å². The number of H-pyrrole nitrogens is 2. The first-order valence-electron chi connectivity index (χ1n) is 13.8. The molecule has 2 aliphatic heterocycles. The lowest BCUT2D eigenvalue weighted by Crippen LogP contribution is -2.15. The minimum absolute atomic E-state index is 0.0943. The van der Waals surface area contributed by atoms with Crippen molar-refractivity contribution in [1.82, 2.24) is 15.3 Å². The number of aromatic nitrogens is 2. The lowest BCUT2D eigenvalue weighted by atomic mass is 10.0. The van der Waals surface area contributed by atoms with Gasteiger partial charge in [-0.1, -0.05) is 25.3 Å². The number of aliphatic carboxylic acids is 2. The number of carboxylic acids is 2. The molecule has 0 radical (unpaired) electrons. The highest BCUT2D eigenvalue weighted by Gasteiger charge is 2.23. The molecule has 2 aromatic heterocycles. The number of hydrogen-bond acceptors (Lipinski definition) is 4. The number of nitrogens with one attached hydrogen (secondary N) is 3. The number of rotatable bonds is 11. The minimum Gasteiger partial charge on any atom is -0.481 e. The molecule has 0 saturated heterocycles. The van der Waals surface area contributed by atoms with Crippen LogP contribution < -0.4 is 16.0 Å². The van der Waals surface area contributed by atoms with Crippen molar-refractivity contribution in [2.75, 3.05) is 0 Å². The topological polar surface area (TPSA) is 165 Å². The summed E-state index contributed by atoms with van der Waals surface area (Å²) in [7, 11) is 0. The Kier molecular flexibility index (Phi) is 8.80. The molecule has 0 saturated carbocycles. The summed E-state index contributed by atoms with van der Waals surface area (Å²) >= 11 is 0. The maximum Gasteiger partial charge on any atom is 0.303 e. The van der Waals surface area contributed by atoms with Crippen LogP contribution in [0.15, 0.2) is 58.3 Å². The number of amides is 2. The van der Waals surface area contributed by atoms with Gasteiger partial charge in [-0.2, -0.15) is 0 Å². The van der Waals surface area contributed by atoms with Crippen LogP contribution in [0.5, 0.6) is 0 Å². The fraction of sp³-hybridized carbons (Fsp3) is 0.242. The van der Waals surface area contributed by atoms with Gasteiger partial charge in [0.2, 0.25) is 0 Å². The van der Waals surface area contributed by atoms with E-state index < -0.39 is 11.9 Å². The van der Waals surface area contributed by atoms with E-state index in [1.54, 1.807) is 32.1 Å². The minimum atomic E-state index is -0.941. The predicted molar refractivity (Wildman–Crippen MR) is 165 cm³/mol. The van der Waals surface area contributed by atoms with E-state index in [1.807, 2.05) is 19.9 Å².